The van der Waals surface area contributed by atoms with Crippen LogP contribution in [0.5, 0.6) is 0 Å². The Balaban J connectivity index is 1.21. The lowest BCUT2D eigenvalue weighted by Gasteiger charge is -2.35. The maximum atomic E-state index is 13.9. The molecule has 3 amide bonds. The van der Waals surface area contributed by atoms with Crippen molar-refractivity contribution in [1.29, 1.82) is 0 Å². The number of benzene rings is 2. The maximum Gasteiger partial charge on any atom is 0.318 e. The van der Waals surface area contributed by atoms with Crippen LogP contribution in [-0.2, 0) is 17.6 Å². The van der Waals surface area contributed by atoms with Gasteiger partial charge in [-0.3, -0.25) is 4.79 Å². The number of urea groups is 1. The van der Waals surface area contributed by atoms with Gasteiger partial charge in [-0.25, -0.2) is 4.79 Å². The van der Waals surface area contributed by atoms with Gasteiger partial charge in [-0.05, 0) is 124 Å². The first-order chi connectivity index (χ1) is 20.4. The van der Waals surface area contributed by atoms with Gasteiger partial charge in [-0.15, -0.1) is 0 Å². The fourth-order valence-corrected chi connectivity index (χ4v) is 7.43. The summed E-state index contributed by atoms with van der Waals surface area (Å²) in [7, 11) is 0. The minimum absolute atomic E-state index is 0.0507. The molecule has 0 aromatic heterocycles. The molecule has 3 aliphatic rings. The predicted octanol–water partition coefficient (Wildman–Crippen LogP) is 7.19. The summed E-state index contributed by atoms with van der Waals surface area (Å²) < 4.78 is 0. The number of aryl methyl sites for hydroxylation is 1. The summed E-state index contributed by atoms with van der Waals surface area (Å²) in [6.45, 7) is 6.44. The Morgan fingerprint density at radius 1 is 0.786 bits per heavy atom. The van der Waals surface area contributed by atoms with Gasteiger partial charge < -0.3 is 20.0 Å². The molecule has 1 atom stereocenters. The largest absolute Gasteiger partial charge is 0.341 e. The van der Waals surface area contributed by atoms with Crippen molar-refractivity contribution in [2.24, 2.45) is 0 Å². The quantitative estimate of drug-likeness (QED) is 0.282. The lowest BCUT2D eigenvalue weighted by Crippen LogP contribution is -2.54. The van der Waals surface area contributed by atoms with Crippen LogP contribution in [-0.4, -0.2) is 78.5 Å². The van der Waals surface area contributed by atoms with E-state index in [0.29, 0.717) is 35.5 Å². The zero-order valence-electron chi connectivity index (χ0n) is 24.4. The summed E-state index contributed by atoms with van der Waals surface area (Å²) in [5, 5.41) is 4.88. The number of hydrogen-bond donors (Lipinski definition) is 1. The Morgan fingerprint density at radius 2 is 1.45 bits per heavy atom. The number of carbonyl (C=O) groups excluding carboxylic acids is 2. The van der Waals surface area contributed by atoms with E-state index in [9.17, 15) is 9.59 Å². The van der Waals surface area contributed by atoms with Gasteiger partial charge in [0.2, 0.25) is 5.91 Å². The van der Waals surface area contributed by atoms with E-state index in [1.807, 2.05) is 17.0 Å². The predicted molar refractivity (Wildman–Crippen MR) is 172 cm³/mol. The first-order valence-corrected chi connectivity index (χ1v) is 16.8. The molecule has 0 bridgehead atoms. The van der Waals surface area contributed by atoms with Gasteiger partial charge in [0.05, 0.1) is 0 Å². The highest BCUT2D eigenvalue weighted by atomic mass is 35.5. The highest BCUT2D eigenvalue weighted by Gasteiger charge is 2.32. The van der Waals surface area contributed by atoms with Crippen molar-refractivity contribution < 1.29 is 9.59 Å². The number of nitrogens with zero attached hydrogens (tertiary/aromatic N) is 3. The van der Waals surface area contributed by atoms with E-state index in [2.05, 4.69) is 22.3 Å². The van der Waals surface area contributed by atoms with Gasteiger partial charge in [-0.1, -0.05) is 46.9 Å². The summed E-state index contributed by atoms with van der Waals surface area (Å²) in [5.41, 5.74) is 3.52. The van der Waals surface area contributed by atoms with Crippen LogP contribution in [0.15, 0.2) is 36.4 Å². The summed E-state index contributed by atoms with van der Waals surface area (Å²) >= 11 is 19.0. The number of likely N-dealkylation sites (tertiary alicyclic amines) is 3. The van der Waals surface area contributed by atoms with Crippen molar-refractivity contribution in [3.8, 4) is 0 Å². The normalized spacial score (nSPS) is 18.9. The lowest BCUT2D eigenvalue weighted by molar-refractivity contribution is -0.134. The van der Waals surface area contributed by atoms with Crippen LogP contribution in [0.3, 0.4) is 0 Å². The molecule has 0 aliphatic carbocycles. The van der Waals surface area contributed by atoms with Crippen molar-refractivity contribution in [3.63, 3.8) is 0 Å². The Labute approximate surface area is 265 Å². The second-order valence-electron chi connectivity index (χ2n) is 12.1. The minimum atomic E-state index is -0.685. The second-order valence-corrected chi connectivity index (χ2v) is 13.4. The first-order valence-electron chi connectivity index (χ1n) is 15.7. The summed E-state index contributed by atoms with van der Waals surface area (Å²) in [5.74, 6) is 0.341. The van der Waals surface area contributed by atoms with Crippen LogP contribution in [0.2, 0.25) is 15.1 Å². The third-order valence-electron chi connectivity index (χ3n) is 9.15. The number of piperidine rings is 1. The van der Waals surface area contributed by atoms with Crippen LogP contribution in [0, 0.1) is 0 Å². The van der Waals surface area contributed by atoms with Crippen molar-refractivity contribution in [1.82, 2.24) is 20.0 Å². The van der Waals surface area contributed by atoms with Crippen molar-refractivity contribution in [2.45, 2.75) is 76.2 Å². The van der Waals surface area contributed by atoms with Gasteiger partial charge in [0, 0.05) is 47.7 Å². The molecule has 9 heteroatoms. The monoisotopic (exact) mass is 632 g/mol. The molecule has 228 valence electrons. The highest BCUT2D eigenvalue weighted by Crippen LogP contribution is 2.33. The van der Waals surface area contributed by atoms with Crippen LogP contribution in [0.4, 0.5) is 4.79 Å². The van der Waals surface area contributed by atoms with Crippen LogP contribution in [0.1, 0.15) is 74.0 Å². The molecule has 1 N–H and O–H groups in total. The molecule has 3 aliphatic heterocycles. The number of halogens is 3. The number of rotatable bonds is 10. The Kier molecular flexibility index (Phi) is 11.3. The Hall–Kier alpha value is -1.99. The van der Waals surface area contributed by atoms with E-state index in [0.717, 1.165) is 62.2 Å². The van der Waals surface area contributed by atoms with Gasteiger partial charge >= 0.3 is 6.03 Å². The number of carbonyl (C=O) groups is 2. The fourth-order valence-electron chi connectivity index (χ4n) is 6.75. The lowest BCUT2D eigenvalue weighted by atomic mass is 9.85. The SMILES string of the molecule is O=C(N[C@H](Cc1ccc(Cl)cc1Cl)C(=O)N1CCC(c2ccc(Cl)cc2CCCCN2CCCC2)CC1)N1CCCC1. The molecule has 0 spiro atoms. The summed E-state index contributed by atoms with van der Waals surface area (Å²) in [6.07, 6.45) is 10.2. The first kappa shape index (κ1) is 31.4. The van der Waals surface area contributed by atoms with Gasteiger partial charge in [-0.2, -0.15) is 0 Å². The molecule has 3 heterocycles. The Morgan fingerprint density at radius 3 is 2.17 bits per heavy atom. The number of unbranched alkanes of at least 4 members (excludes halogenated alkanes) is 1. The van der Waals surface area contributed by atoms with Gasteiger partial charge in [0.1, 0.15) is 6.04 Å². The number of hydrogen-bond acceptors (Lipinski definition) is 3. The number of nitrogens with one attached hydrogen (secondary N) is 1. The molecular weight excluding hydrogens is 591 g/mol. The molecule has 2 aromatic carbocycles. The van der Waals surface area contributed by atoms with E-state index in [1.165, 1.54) is 50.0 Å². The topological polar surface area (TPSA) is 55.9 Å². The standard InChI is InChI=1S/C33H43Cl3N4O2/c34-27-10-11-29(25(21-27)7-1-2-14-38-15-3-4-16-38)24-12-19-39(20-13-24)32(41)31(37-33(42)40-17-5-6-18-40)22-26-8-9-28(35)23-30(26)36/h8-11,21,23-24,31H,1-7,12-20,22H2,(H,37,42)/t31-/m1/s1. The van der Waals surface area contributed by atoms with E-state index >= 15 is 0 Å². The Bertz CT molecular complexity index is 1220. The molecule has 0 unspecified atom stereocenters. The average Bonchev–Trinajstić information content (AvgIpc) is 3.71. The van der Waals surface area contributed by atoms with Crippen molar-refractivity contribution >= 4 is 46.7 Å². The third kappa shape index (κ3) is 8.34. The smallest absolute Gasteiger partial charge is 0.318 e. The molecule has 6 nitrogen and oxygen atoms in total. The zero-order chi connectivity index (χ0) is 29.5. The molecular formula is C33H43Cl3N4O2. The molecule has 42 heavy (non-hydrogen) atoms. The second kappa shape index (κ2) is 15.1. The van der Waals surface area contributed by atoms with Crippen LogP contribution >= 0.6 is 34.8 Å². The van der Waals surface area contributed by atoms with Crippen molar-refractivity contribution in [2.75, 3.05) is 45.8 Å². The van der Waals surface area contributed by atoms with Gasteiger partial charge in [0.15, 0.2) is 0 Å². The van der Waals surface area contributed by atoms with Gasteiger partial charge in [0.25, 0.3) is 0 Å². The van der Waals surface area contributed by atoms with E-state index < -0.39 is 6.04 Å². The maximum absolute atomic E-state index is 13.9. The van der Waals surface area contributed by atoms with Crippen LogP contribution in [0.25, 0.3) is 0 Å². The molecule has 3 fully saturated rings. The molecule has 5 rings (SSSR count). The summed E-state index contributed by atoms with van der Waals surface area (Å²) in [6, 6.07) is 10.8. The average molecular weight is 634 g/mol. The molecule has 0 radical (unpaired) electrons. The number of amides is 3. The fraction of sp³-hybridized carbons (Fsp3) is 0.576. The third-order valence-corrected chi connectivity index (χ3v) is 9.97. The summed E-state index contributed by atoms with van der Waals surface area (Å²) in [4.78, 5) is 33.2. The van der Waals surface area contributed by atoms with E-state index in [1.54, 1.807) is 17.0 Å². The minimum Gasteiger partial charge on any atom is -0.341 e. The zero-order valence-corrected chi connectivity index (χ0v) is 26.7. The van der Waals surface area contributed by atoms with Crippen molar-refractivity contribution in [3.05, 3.63) is 68.2 Å². The van der Waals surface area contributed by atoms with E-state index in [4.69, 9.17) is 34.8 Å². The molecule has 3 saturated heterocycles. The molecule has 2 aromatic rings. The molecule has 0 saturated carbocycles. The van der Waals surface area contributed by atoms with Crippen LogP contribution < -0.4 is 5.32 Å². The van der Waals surface area contributed by atoms with E-state index in [-0.39, 0.29) is 11.9 Å². The highest BCUT2D eigenvalue weighted by molar-refractivity contribution is 6.35.